The first-order valence-electron chi connectivity index (χ1n) is 5.91. The monoisotopic (exact) mass is 234 g/mol. The zero-order valence-electron chi connectivity index (χ0n) is 10.4. The number of hydrogen-bond donors (Lipinski definition) is 2. The van der Waals surface area contributed by atoms with Gasteiger partial charge in [0.2, 0.25) is 5.91 Å². The standard InChI is InChI=1S/C13H18N2O2/c1-8(2)14-10-4-5-12-11(7-10)15-13(16)6-9(3)17-12/h4-5,7-9,14H,6H2,1-3H3,(H,15,16). The summed E-state index contributed by atoms with van der Waals surface area (Å²) in [6, 6.07) is 6.12. The SMILES string of the molecule is CC(C)Nc1ccc2c(c1)NC(=O)CC(C)O2. The van der Waals surface area contributed by atoms with Gasteiger partial charge < -0.3 is 15.4 Å². The minimum atomic E-state index is -0.0832. The zero-order valence-corrected chi connectivity index (χ0v) is 10.4. The number of fused-ring (bicyclic) bond motifs is 1. The van der Waals surface area contributed by atoms with Crippen molar-refractivity contribution in [3.63, 3.8) is 0 Å². The quantitative estimate of drug-likeness (QED) is 0.827. The Morgan fingerprint density at radius 3 is 2.94 bits per heavy atom. The molecule has 92 valence electrons. The molecule has 0 saturated carbocycles. The third kappa shape index (κ3) is 2.90. The van der Waals surface area contributed by atoms with E-state index in [4.69, 9.17) is 4.74 Å². The lowest BCUT2D eigenvalue weighted by Gasteiger charge is -2.14. The second-order valence-corrected chi connectivity index (χ2v) is 4.69. The number of carbonyl (C=O) groups excluding carboxylic acids is 1. The van der Waals surface area contributed by atoms with Crippen LogP contribution >= 0.6 is 0 Å². The summed E-state index contributed by atoms with van der Waals surface area (Å²) in [5.74, 6) is 0.732. The van der Waals surface area contributed by atoms with E-state index < -0.39 is 0 Å². The summed E-state index contributed by atoms with van der Waals surface area (Å²) < 4.78 is 5.68. The molecule has 4 nitrogen and oxygen atoms in total. The van der Waals surface area contributed by atoms with Crippen LogP contribution in [0.25, 0.3) is 0 Å². The van der Waals surface area contributed by atoms with E-state index in [1.54, 1.807) is 0 Å². The van der Waals surface area contributed by atoms with E-state index in [0.717, 1.165) is 17.1 Å². The van der Waals surface area contributed by atoms with Crippen molar-refractivity contribution in [3.05, 3.63) is 18.2 Å². The summed E-state index contributed by atoms with van der Waals surface area (Å²) in [4.78, 5) is 11.6. The van der Waals surface area contributed by atoms with Crippen molar-refractivity contribution in [2.24, 2.45) is 0 Å². The van der Waals surface area contributed by atoms with E-state index in [-0.39, 0.29) is 12.0 Å². The molecule has 4 heteroatoms. The highest BCUT2D eigenvalue weighted by molar-refractivity contribution is 5.94. The van der Waals surface area contributed by atoms with Gasteiger partial charge >= 0.3 is 0 Å². The Kier molecular flexibility index (Phi) is 3.22. The van der Waals surface area contributed by atoms with E-state index in [9.17, 15) is 4.79 Å². The second kappa shape index (κ2) is 4.65. The molecule has 1 aromatic carbocycles. The van der Waals surface area contributed by atoms with Crippen molar-refractivity contribution < 1.29 is 9.53 Å². The summed E-state index contributed by atoms with van der Waals surface area (Å²) in [6.07, 6.45) is 0.307. The molecule has 2 rings (SSSR count). The van der Waals surface area contributed by atoms with Crippen LogP contribution in [0.3, 0.4) is 0 Å². The molecule has 1 unspecified atom stereocenters. The van der Waals surface area contributed by atoms with Gasteiger partial charge in [-0.2, -0.15) is 0 Å². The minimum absolute atomic E-state index is 0.00190. The summed E-state index contributed by atoms with van der Waals surface area (Å²) in [6.45, 7) is 6.04. The van der Waals surface area contributed by atoms with Gasteiger partial charge in [-0.1, -0.05) is 0 Å². The molecule has 1 aliphatic heterocycles. The van der Waals surface area contributed by atoms with E-state index in [1.807, 2.05) is 25.1 Å². The molecule has 1 amide bonds. The maximum absolute atomic E-state index is 11.6. The molecule has 0 aliphatic carbocycles. The van der Waals surface area contributed by atoms with Gasteiger partial charge in [-0.15, -0.1) is 0 Å². The van der Waals surface area contributed by atoms with E-state index in [1.165, 1.54) is 0 Å². The predicted molar refractivity (Wildman–Crippen MR) is 68.5 cm³/mol. The zero-order chi connectivity index (χ0) is 12.4. The van der Waals surface area contributed by atoms with Crippen molar-refractivity contribution in [2.45, 2.75) is 39.3 Å². The van der Waals surface area contributed by atoms with Gasteiger partial charge in [0.1, 0.15) is 11.9 Å². The lowest BCUT2D eigenvalue weighted by atomic mass is 10.2. The Labute approximate surface area is 101 Å². The van der Waals surface area contributed by atoms with Crippen LogP contribution in [-0.2, 0) is 4.79 Å². The molecule has 0 fully saturated rings. The first-order valence-corrected chi connectivity index (χ1v) is 5.91. The fraction of sp³-hybridized carbons (Fsp3) is 0.462. The number of benzene rings is 1. The van der Waals surface area contributed by atoms with Gasteiger partial charge in [-0.25, -0.2) is 0 Å². The minimum Gasteiger partial charge on any atom is -0.488 e. The number of anilines is 2. The van der Waals surface area contributed by atoms with Crippen molar-refractivity contribution in [1.82, 2.24) is 0 Å². The van der Waals surface area contributed by atoms with Crippen LogP contribution in [0.1, 0.15) is 27.2 Å². The molecule has 0 aromatic heterocycles. The van der Waals surface area contributed by atoms with E-state index >= 15 is 0 Å². The third-order valence-corrected chi connectivity index (χ3v) is 2.51. The van der Waals surface area contributed by atoms with Crippen LogP contribution in [0.2, 0.25) is 0 Å². The third-order valence-electron chi connectivity index (χ3n) is 2.51. The molecule has 17 heavy (non-hydrogen) atoms. The Morgan fingerprint density at radius 1 is 1.47 bits per heavy atom. The highest BCUT2D eigenvalue weighted by Gasteiger charge is 2.19. The van der Waals surface area contributed by atoms with Gasteiger partial charge in [0.15, 0.2) is 0 Å². The van der Waals surface area contributed by atoms with Crippen LogP contribution in [-0.4, -0.2) is 18.1 Å². The average molecular weight is 234 g/mol. The van der Waals surface area contributed by atoms with Crippen LogP contribution in [0.15, 0.2) is 18.2 Å². The summed E-state index contributed by atoms with van der Waals surface area (Å²) in [7, 11) is 0. The van der Waals surface area contributed by atoms with Gasteiger partial charge in [0.05, 0.1) is 12.1 Å². The number of hydrogen-bond acceptors (Lipinski definition) is 3. The maximum Gasteiger partial charge on any atom is 0.228 e. The molecule has 1 aliphatic rings. The Hall–Kier alpha value is -1.71. The summed E-state index contributed by atoms with van der Waals surface area (Å²) >= 11 is 0. The number of amides is 1. The highest BCUT2D eigenvalue weighted by atomic mass is 16.5. The molecule has 0 bridgehead atoms. The lowest BCUT2D eigenvalue weighted by molar-refractivity contribution is -0.117. The van der Waals surface area contributed by atoms with Gasteiger partial charge in [-0.05, 0) is 39.0 Å². The highest BCUT2D eigenvalue weighted by Crippen LogP contribution is 2.31. The molecule has 1 aromatic rings. The van der Waals surface area contributed by atoms with Crippen molar-refractivity contribution in [1.29, 1.82) is 0 Å². The number of carbonyl (C=O) groups is 1. The number of rotatable bonds is 2. The van der Waals surface area contributed by atoms with Crippen LogP contribution in [0.5, 0.6) is 5.75 Å². The lowest BCUT2D eigenvalue weighted by Crippen LogP contribution is -2.17. The van der Waals surface area contributed by atoms with Crippen LogP contribution < -0.4 is 15.4 Å². The van der Waals surface area contributed by atoms with E-state index in [2.05, 4.69) is 24.5 Å². The van der Waals surface area contributed by atoms with Crippen molar-refractivity contribution >= 4 is 17.3 Å². The molecule has 0 saturated heterocycles. The maximum atomic E-state index is 11.6. The van der Waals surface area contributed by atoms with Crippen molar-refractivity contribution in [2.75, 3.05) is 10.6 Å². The van der Waals surface area contributed by atoms with Crippen molar-refractivity contribution in [3.8, 4) is 5.75 Å². The largest absolute Gasteiger partial charge is 0.488 e. The first-order chi connectivity index (χ1) is 8.04. The molecular formula is C13H18N2O2. The molecule has 2 N–H and O–H groups in total. The van der Waals surface area contributed by atoms with Crippen LogP contribution in [0, 0.1) is 0 Å². The fourth-order valence-corrected chi connectivity index (χ4v) is 1.87. The Balaban J connectivity index is 2.28. The fourth-order valence-electron chi connectivity index (χ4n) is 1.87. The molecular weight excluding hydrogens is 216 g/mol. The van der Waals surface area contributed by atoms with Gasteiger partial charge in [-0.3, -0.25) is 4.79 Å². The van der Waals surface area contributed by atoms with Crippen LogP contribution in [0.4, 0.5) is 11.4 Å². The van der Waals surface area contributed by atoms with Gasteiger partial charge in [0, 0.05) is 11.7 Å². The Bertz CT molecular complexity index is 429. The predicted octanol–water partition coefficient (Wildman–Crippen LogP) is 2.62. The molecule has 1 heterocycles. The van der Waals surface area contributed by atoms with E-state index in [0.29, 0.717) is 12.5 Å². The second-order valence-electron chi connectivity index (χ2n) is 4.69. The molecule has 0 radical (unpaired) electrons. The average Bonchev–Trinajstić information content (AvgIpc) is 2.33. The normalized spacial score (nSPS) is 19.1. The molecule has 1 atom stereocenters. The topological polar surface area (TPSA) is 50.4 Å². The molecule has 0 spiro atoms. The number of ether oxygens (including phenoxy) is 1. The van der Waals surface area contributed by atoms with Gasteiger partial charge in [0.25, 0.3) is 0 Å². The first kappa shape index (κ1) is 11.8. The Morgan fingerprint density at radius 2 is 2.24 bits per heavy atom. The summed E-state index contributed by atoms with van der Waals surface area (Å²) in [5.41, 5.74) is 1.72. The smallest absolute Gasteiger partial charge is 0.228 e. The summed E-state index contributed by atoms with van der Waals surface area (Å²) in [5, 5.41) is 6.16. The number of nitrogens with one attached hydrogen (secondary N) is 2.